The van der Waals surface area contributed by atoms with E-state index < -0.39 is 0 Å². The van der Waals surface area contributed by atoms with Crippen LogP contribution in [-0.2, 0) is 12.8 Å². The molecule has 0 fully saturated rings. The van der Waals surface area contributed by atoms with Crippen LogP contribution in [0.3, 0.4) is 0 Å². The van der Waals surface area contributed by atoms with E-state index in [1.165, 1.54) is 17.2 Å². The zero-order chi connectivity index (χ0) is 11.8. The fourth-order valence-corrected chi connectivity index (χ4v) is 2.17. The molecule has 0 atom stereocenters. The molecule has 0 amide bonds. The minimum Gasteiger partial charge on any atom is -0.258 e. The van der Waals surface area contributed by atoms with Crippen molar-refractivity contribution in [1.82, 2.24) is 0 Å². The fourth-order valence-electron chi connectivity index (χ4n) is 2.17. The lowest BCUT2D eigenvalue weighted by Gasteiger charge is -2.19. The molecule has 0 saturated heterocycles. The van der Waals surface area contributed by atoms with Crippen molar-refractivity contribution in [2.75, 3.05) is 0 Å². The van der Waals surface area contributed by atoms with Gasteiger partial charge in [-0.15, -0.1) is 0 Å². The van der Waals surface area contributed by atoms with E-state index in [4.69, 9.17) is 0 Å². The summed E-state index contributed by atoms with van der Waals surface area (Å²) in [5.41, 5.74) is 4.89. The van der Waals surface area contributed by atoms with Gasteiger partial charge in [0.2, 0.25) is 0 Å². The van der Waals surface area contributed by atoms with Gasteiger partial charge in [-0.2, -0.15) is 0 Å². The molecule has 0 bridgehead atoms. The van der Waals surface area contributed by atoms with Crippen molar-refractivity contribution in [1.29, 1.82) is 0 Å². The standard InChI is InChI=1S/C14H11NO2/c16-15(17)14-3-1-2-11(9-14)13-7-5-10-4-6-12(10)8-13/h1-3,5,7-9H,4,6H2. The van der Waals surface area contributed by atoms with Crippen LogP contribution in [0, 0.1) is 10.1 Å². The largest absolute Gasteiger partial charge is 0.270 e. The summed E-state index contributed by atoms with van der Waals surface area (Å²) in [6.07, 6.45) is 2.28. The maximum atomic E-state index is 10.7. The average Bonchev–Trinajstić information content (AvgIpc) is 2.31. The number of nitrogens with zero attached hydrogens (tertiary/aromatic N) is 1. The van der Waals surface area contributed by atoms with Gasteiger partial charge in [0, 0.05) is 12.1 Å². The smallest absolute Gasteiger partial charge is 0.258 e. The normalized spacial score (nSPS) is 12.7. The van der Waals surface area contributed by atoms with Crippen molar-refractivity contribution in [2.45, 2.75) is 12.8 Å². The van der Waals surface area contributed by atoms with Gasteiger partial charge in [0.1, 0.15) is 0 Å². The summed E-state index contributed by atoms with van der Waals surface area (Å²) in [6, 6.07) is 13.1. The molecule has 2 aromatic rings. The molecule has 1 aliphatic carbocycles. The first-order chi connectivity index (χ1) is 8.24. The van der Waals surface area contributed by atoms with Crippen LogP contribution >= 0.6 is 0 Å². The highest BCUT2D eigenvalue weighted by atomic mass is 16.6. The Kier molecular flexibility index (Phi) is 2.18. The maximum Gasteiger partial charge on any atom is 0.270 e. The van der Waals surface area contributed by atoms with Crippen LogP contribution in [-0.4, -0.2) is 4.92 Å². The number of fused-ring (bicyclic) bond motifs is 1. The SMILES string of the molecule is O=[N+]([O-])c1cccc(-c2ccc3c(c2)CC3)c1. The molecule has 0 N–H and O–H groups in total. The maximum absolute atomic E-state index is 10.7. The number of nitro benzene ring substituents is 1. The van der Waals surface area contributed by atoms with Crippen molar-refractivity contribution in [3.05, 3.63) is 63.7 Å². The Morgan fingerprint density at radius 1 is 0.941 bits per heavy atom. The zero-order valence-electron chi connectivity index (χ0n) is 9.22. The summed E-state index contributed by atoms with van der Waals surface area (Å²) in [7, 11) is 0. The molecular weight excluding hydrogens is 214 g/mol. The third-order valence-corrected chi connectivity index (χ3v) is 3.26. The summed E-state index contributed by atoms with van der Waals surface area (Å²) in [4.78, 5) is 10.4. The van der Waals surface area contributed by atoms with E-state index in [0.29, 0.717) is 0 Å². The van der Waals surface area contributed by atoms with Crippen LogP contribution in [0.15, 0.2) is 42.5 Å². The van der Waals surface area contributed by atoms with E-state index in [1.807, 2.05) is 12.1 Å². The fraction of sp³-hybridized carbons (Fsp3) is 0.143. The van der Waals surface area contributed by atoms with Crippen molar-refractivity contribution in [3.8, 4) is 11.1 Å². The Bertz CT molecular complexity index is 605. The molecule has 0 spiro atoms. The topological polar surface area (TPSA) is 43.1 Å². The lowest BCUT2D eigenvalue weighted by atomic mass is 9.86. The van der Waals surface area contributed by atoms with E-state index in [-0.39, 0.29) is 10.6 Å². The average molecular weight is 225 g/mol. The van der Waals surface area contributed by atoms with Gasteiger partial charge >= 0.3 is 0 Å². The molecule has 17 heavy (non-hydrogen) atoms. The molecule has 3 rings (SSSR count). The van der Waals surface area contributed by atoms with E-state index in [1.54, 1.807) is 12.1 Å². The molecule has 2 aromatic carbocycles. The van der Waals surface area contributed by atoms with Gasteiger partial charge in [0.25, 0.3) is 5.69 Å². The van der Waals surface area contributed by atoms with Crippen LogP contribution in [0.4, 0.5) is 5.69 Å². The summed E-state index contributed by atoms with van der Waals surface area (Å²) >= 11 is 0. The van der Waals surface area contributed by atoms with Gasteiger partial charge in [-0.1, -0.05) is 30.3 Å². The predicted octanol–water partition coefficient (Wildman–Crippen LogP) is 3.36. The van der Waals surface area contributed by atoms with Crippen molar-refractivity contribution in [2.24, 2.45) is 0 Å². The highest BCUT2D eigenvalue weighted by molar-refractivity contribution is 5.68. The van der Waals surface area contributed by atoms with Gasteiger partial charge < -0.3 is 0 Å². The van der Waals surface area contributed by atoms with Crippen LogP contribution in [0.1, 0.15) is 11.1 Å². The number of hydrogen-bond acceptors (Lipinski definition) is 2. The Morgan fingerprint density at radius 2 is 1.71 bits per heavy atom. The second-order valence-corrected chi connectivity index (χ2v) is 4.29. The molecule has 0 heterocycles. The van der Waals surface area contributed by atoms with Gasteiger partial charge in [-0.05, 0) is 35.1 Å². The monoisotopic (exact) mass is 225 g/mol. The van der Waals surface area contributed by atoms with Gasteiger partial charge in [-0.3, -0.25) is 10.1 Å². The van der Waals surface area contributed by atoms with Crippen LogP contribution in [0.2, 0.25) is 0 Å². The molecule has 1 aliphatic rings. The molecule has 0 saturated carbocycles. The minimum absolute atomic E-state index is 0.144. The van der Waals surface area contributed by atoms with Crippen LogP contribution in [0.5, 0.6) is 0 Å². The molecule has 0 aliphatic heterocycles. The number of nitro groups is 1. The number of aryl methyl sites for hydroxylation is 2. The Hall–Kier alpha value is -2.16. The van der Waals surface area contributed by atoms with Crippen molar-refractivity contribution < 1.29 is 4.92 Å². The number of hydrogen-bond donors (Lipinski definition) is 0. The third kappa shape index (κ3) is 1.69. The first kappa shape index (κ1) is 10.0. The summed E-state index contributed by atoms with van der Waals surface area (Å²) < 4.78 is 0. The molecule has 3 heteroatoms. The Morgan fingerprint density at radius 3 is 2.35 bits per heavy atom. The summed E-state index contributed by atoms with van der Waals surface area (Å²) in [5.74, 6) is 0. The second kappa shape index (κ2) is 3.70. The van der Waals surface area contributed by atoms with E-state index in [9.17, 15) is 10.1 Å². The first-order valence-corrected chi connectivity index (χ1v) is 5.61. The highest BCUT2D eigenvalue weighted by Crippen LogP contribution is 2.30. The van der Waals surface area contributed by atoms with Crippen molar-refractivity contribution in [3.63, 3.8) is 0 Å². The predicted molar refractivity (Wildman–Crippen MR) is 65.9 cm³/mol. The molecule has 84 valence electrons. The highest BCUT2D eigenvalue weighted by Gasteiger charge is 2.14. The second-order valence-electron chi connectivity index (χ2n) is 4.29. The lowest BCUT2D eigenvalue weighted by Crippen LogP contribution is -2.07. The van der Waals surface area contributed by atoms with E-state index in [0.717, 1.165) is 24.0 Å². The van der Waals surface area contributed by atoms with Crippen LogP contribution in [0.25, 0.3) is 11.1 Å². The molecule has 0 unspecified atom stereocenters. The summed E-state index contributed by atoms with van der Waals surface area (Å²) in [6.45, 7) is 0. The third-order valence-electron chi connectivity index (χ3n) is 3.26. The summed E-state index contributed by atoms with van der Waals surface area (Å²) in [5, 5.41) is 10.7. The Balaban J connectivity index is 2.05. The molecular formula is C14H11NO2. The van der Waals surface area contributed by atoms with Crippen molar-refractivity contribution >= 4 is 5.69 Å². The number of benzene rings is 2. The number of rotatable bonds is 2. The molecule has 0 radical (unpaired) electrons. The first-order valence-electron chi connectivity index (χ1n) is 5.61. The number of non-ortho nitro benzene ring substituents is 1. The Labute approximate surface area is 98.9 Å². The van der Waals surface area contributed by atoms with E-state index in [2.05, 4.69) is 12.1 Å². The molecule has 0 aromatic heterocycles. The van der Waals surface area contributed by atoms with Gasteiger partial charge in [0.15, 0.2) is 0 Å². The van der Waals surface area contributed by atoms with Gasteiger partial charge in [-0.25, -0.2) is 0 Å². The lowest BCUT2D eigenvalue weighted by molar-refractivity contribution is -0.384. The zero-order valence-corrected chi connectivity index (χ0v) is 9.22. The molecule has 3 nitrogen and oxygen atoms in total. The minimum atomic E-state index is -0.357. The van der Waals surface area contributed by atoms with Gasteiger partial charge in [0.05, 0.1) is 4.92 Å². The quantitative estimate of drug-likeness (QED) is 0.581. The van der Waals surface area contributed by atoms with E-state index >= 15 is 0 Å². The van der Waals surface area contributed by atoms with Crippen LogP contribution < -0.4 is 0 Å².